The molecule has 1 heterocycles. The molecule has 0 unspecified atom stereocenters. The van der Waals surface area contributed by atoms with Crippen molar-refractivity contribution in [3.05, 3.63) is 35.8 Å². The van der Waals surface area contributed by atoms with E-state index in [9.17, 15) is 5.21 Å². The summed E-state index contributed by atoms with van der Waals surface area (Å²) >= 11 is 0. The van der Waals surface area contributed by atoms with Crippen molar-refractivity contribution in [1.29, 1.82) is 0 Å². The van der Waals surface area contributed by atoms with Crippen LogP contribution in [0.5, 0.6) is 0 Å². The van der Waals surface area contributed by atoms with E-state index in [0.717, 1.165) is 0 Å². The van der Waals surface area contributed by atoms with Crippen LogP contribution in [0.1, 0.15) is 0 Å². The Morgan fingerprint density at radius 1 is 1.43 bits per heavy atom. The summed E-state index contributed by atoms with van der Waals surface area (Å²) in [7, 11) is 0. The van der Waals surface area contributed by atoms with Crippen LogP contribution in [-0.2, 0) is 0 Å². The van der Waals surface area contributed by atoms with Crippen molar-refractivity contribution in [3.63, 3.8) is 0 Å². The predicted molar refractivity (Wildman–Crippen MR) is 23.1 cm³/mol. The van der Waals surface area contributed by atoms with E-state index in [1.165, 1.54) is 18.5 Å². The van der Waals surface area contributed by atoms with Crippen LogP contribution in [0.25, 0.3) is 0 Å². The fourth-order valence-electron chi connectivity index (χ4n) is 0.303. The van der Waals surface area contributed by atoms with Crippen LogP contribution in [-0.4, -0.2) is 0 Å². The van der Waals surface area contributed by atoms with E-state index < -0.39 is 0 Å². The zero-order chi connectivity index (χ0) is 5.11. The first-order chi connectivity index (χ1) is 3.39. The first kappa shape index (κ1) is 4.12. The maximum absolute atomic E-state index is 10.1. The summed E-state index contributed by atoms with van der Waals surface area (Å²) in [5, 5.41) is 10.1. The zero-order valence-corrected chi connectivity index (χ0v) is 3.59. The van der Waals surface area contributed by atoms with Crippen molar-refractivity contribution in [2.24, 2.45) is 0 Å². The Morgan fingerprint density at radius 2 is 2.29 bits per heavy atom. The first-order valence-electron chi connectivity index (χ1n) is 1.86. The Labute approximate surface area is 41.6 Å². The van der Waals surface area contributed by atoms with E-state index in [4.69, 9.17) is 0 Å². The Hall–Kier alpha value is -1.05. The van der Waals surface area contributed by atoms with Crippen LogP contribution < -0.4 is 4.73 Å². The van der Waals surface area contributed by atoms with Gasteiger partial charge in [0.2, 0.25) is 0 Å². The molecule has 0 atom stereocenters. The fourth-order valence-corrected chi connectivity index (χ4v) is 0.303. The van der Waals surface area contributed by atoms with Gasteiger partial charge in [-0.1, -0.05) is 0 Å². The van der Waals surface area contributed by atoms with Crippen molar-refractivity contribution in [1.82, 2.24) is 0 Å². The molecular weight excluding hydrogens is 90.1 g/mol. The van der Waals surface area contributed by atoms with Gasteiger partial charge < -0.3 is 5.21 Å². The van der Waals surface area contributed by atoms with E-state index in [-0.39, 0.29) is 0 Å². The highest BCUT2D eigenvalue weighted by atomic mass is 16.5. The molecule has 2 heteroatoms. The fraction of sp³-hybridized carbons (Fsp3) is 0. The molecule has 0 spiro atoms. The average Bonchev–Trinajstić information content (AvgIpc) is 1.69. The lowest BCUT2D eigenvalue weighted by atomic mass is 10.5. The molecule has 0 aliphatic rings. The molecule has 1 aromatic rings. The van der Waals surface area contributed by atoms with Gasteiger partial charge in [0.25, 0.3) is 0 Å². The summed E-state index contributed by atoms with van der Waals surface area (Å²) < 4.78 is 0.663. The van der Waals surface area contributed by atoms with E-state index in [1.54, 1.807) is 0 Å². The molecular formula is C5H3NO. The largest absolute Gasteiger partial charge is 0.619 e. The molecule has 0 N–H and O–H groups in total. The summed E-state index contributed by atoms with van der Waals surface area (Å²) in [6, 6.07) is 6.58. The zero-order valence-electron chi connectivity index (χ0n) is 3.59. The van der Waals surface area contributed by atoms with Crippen LogP contribution in [0.2, 0.25) is 0 Å². The number of hydrogen-bond donors (Lipinski definition) is 0. The molecule has 0 saturated carbocycles. The van der Waals surface area contributed by atoms with Crippen molar-refractivity contribution >= 4 is 0 Å². The van der Waals surface area contributed by atoms with E-state index in [0.29, 0.717) is 4.73 Å². The third kappa shape index (κ3) is 0.892. The SMILES string of the molecule is [O-][n+]1c[c][c]cc1. The van der Waals surface area contributed by atoms with Crippen molar-refractivity contribution in [2.75, 3.05) is 0 Å². The number of pyridine rings is 1. The van der Waals surface area contributed by atoms with Gasteiger partial charge in [-0.25, -0.2) is 0 Å². The summed E-state index contributed by atoms with van der Waals surface area (Å²) in [6.45, 7) is 0. The van der Waals surface area contributed by atoms with Crippen LogP contribution in [0.4, 0.5) is 0 Å². The molecule has 0 fully saturated rings. The van der Waals surface area contributed by atoms with E-state index in [1.807, 2.05) is 0 Å². The smallest absolute Gasteiger partial charge is 0.189 e. The molecule has 0 bridgehead atoms. The average molecular weight is 93.1 g/mol. The van der Waals surface area contributed by atoms with Crippen molar-refractivity contribution in [3.8, 4) is 0 Å². The summed E-state index contributed by atoms with van der Waals surface area (Å²) in [6.07, 6.45) is 2.62. The molecule has 0 aliphatic carbocycles. The van der Waals surface area contributed by atoms with Crippen molar-refractivity contribution in [2.45, 2.75) is 0 Å². The van der Waals surface area contributed by atoms with Crippen LogP contribution in [0.15, 0.2) is 18.5 Å². The highest BCUT2D eigenvalue weighted by molar-refractivity contribution is 4.78. The first-order valence-corrected chi connectivity index (χ1v) is 1.86. The molecule has 2 radical (unpaired) electrons. The second kappa shape index (κ2) is 1.60. The number of rotatable bonds is 0. The maximum atomic E-state index is 10.1. The predicted octanol–water partition coefficient (Wildman–Crippen LogP) is -0.0796. The third-order valence-corrected chi connectivity index (χ3v) is 0.580. The standard InChI is InChI=1S/C5H3NO/c7-6-4-2-1-3-5-6/h2,4-5H. The van der Waals surface area contributed by atoms with Gasteiger partial charge in [0.1, 0.15) is 0 Å². The lowest BCUT2D eigenvalue weighted by Gasteiger charge is -1.87. The minimum atomic E-state index is 0.663. The van der Waals surface area contributed by atoms with Crippen LogP contribution in [0.3, 0.4) is 0 Å². The minimum Gasteiger partial charge on any atom is -0.619 e. The second-order valence-electron chi connectivity index (χ2n) is 1.09. The lowest BCUT2D eigenvalue weighted by molar-refractivity contribution is -0.605. The molecule has 0 aromatic carbocycles. The van der Waals surface area contributed by atoms with E-state index in [2.05, 4.69) is 12.1 Å². The van der Waals surface area contributed by atoms with Crippen LogP contribution >= 0.6 is 0 Å². The maximum Gasteiger partial charge on any atom is 0.189 e. The van der Waals surface area contributed by atoms with Gasteiger partial charge >= 0.3 is 0 Å². The van der Waals surface area contributed by atoms with Gasteiger partial charge in [-0.2, -0.15) is 4.73 Å². The summed E-state index contributed by atoms with van der Waals surface area (Å²) in [4.78, 5) is 0. The number of nitrogens with zero attached hydrogens (tertiary/aromatic N) is 1. The Kier molecular flexibility index (Phi) is 0.941. The van der Waals surface area contributed by atoms with Crippen molar-refractivity contribution < 1.29 is 4.73 Å². The molecule has 1 rings (SSSR count). The molecule has 0 aliphatic heterocycles. The molecule has 1 aromatic heterocycles. The highest BCUT2D eigenvalue weighted by Crippen LogP contribution is 1.69. The third-order valence-electron chi connectivity index (χ3n) is 0.580. The molecule has 0 saturated heterocycles. The molecule has 2 nitrogen and oxygen atoms in total. The Morgan fingerprint density at radius 3 is 2.57 bits per heavy atom. The van der Waals surface area contributed by atoms with Gasteiger partial charge in [-0.15, -0.1) is 0 Å². The quantitative estimate of drug-likeness (QED) is 0.325. The normalized spacial score (nSPS) is 8.57. The van der Waals surface area contributed by atoms with Gasteiger partial charge in [-0.05, 0) is 0 Å². The van der Waals surface area contributed by atoms with E-state index >= 15 is 0 Å². The van der Waals surface area contributed by atoms with Gasteiger partial charge in [0.05, 0.1) is 6.07 Å². The van der Waals surface area contributed by atoms with Gasteiger partial charge in [0.15, 0.2) is 12.4 Å². The number of hydrogen-bond acceptors (Lipinski definition) is 1. The van der Waals surface area contributed by atoms with Gasteiger partial charge in [-0.3, -0.25) is 0 Å². The summed E-state index contributed by atoms with van der Waals surface area (Å²) in [5.41, 5.74) is 0. The summed E-state index contributed by atoms with van der Waals surface area (Å²) in [5.74, 6) is 0. The number of aromatic nitrogens is 1. The second-order valence-corrected chi connectivity index (χ2v) is 1.09. The van der Waals surface area contributed by atoms with Crippen LogP contribution in [0, 0.1) is 17.3 Å². The molecule has 7 heavy (non-hydrogen) atoms. The highest BCUT2D eigenvalue weighted by Gasteiger charge is 1.76. The lowest BCUT2D eigenvalue weighted by Crippen LogP contribution is -2.23. The molecule has 0 amide bonds. The topological polar surface area (TPSA) is 26.9 Å². The Bertz CT molecular complexity index is 138. The minimum absolute atomic E-state index is 0.663. The Balaban J connectivity index is 3.02. The monoisotopic (exact) mass is 93.0 g/mol. The van der Waals surface area contributed by atoms with Gasteiger partial charge in [0, 0.05) is 12.1 Å². The molecule has 34 valence electrons.